The second-order valence-corrected chi connectivity index (χ2v) is 7.92. The van der Waals surface area contributed by atoms with Crippen LogP contribution >= 0.6 is 23.2 Å². The van der Waals surface area contributed by atoms with E-state index in [0.717, 1.165) is 32.1 Å². The standard InChI is InChI=1S/C21H28Cl2O4/c1-2-3-4-5-8-13-26-20(24)16-9-6-7-10-17(16)21(25)27-19-14-15(22)11-12-18(19)23/h11-12,14,16-17H,2-10,13H2,1H3. The number of ether oxygens (including phenoxy) is 2. The Morgan fingerprint density at radius 1 is 1.00 bits per heavy atom. The van der Waals surface area contributed by atoms with E-state index in [1.807, 2.05) is 0 Å². The van der Waals surface area contributed by atoms with Gasteiger partial charge in [-0.15, -0.1) is 0 Å². The maximum atomic E-state index is 12.7. The van der Waals surface area contributed by atoms with Gasteiger partial charge in [0.15, 0.2) is 5.75 Å². The fourth-order valence-electron chi connectivity index (χ4n) is 3.42. The number of rotatable bonds is 9. The smallest absolute Gasteiger partial charge is 0.315 e. The van der Waals surface area contributed by atoms with E-state index in [1.165, 1.54) is 18.9 Å². The molecule has 1 aliphatic carbocycles. The van der Waals surface area contributed by atoms with Gasteiger partial charge in [0.25, 0.3) is 0 Å². The van der Waals surface area contributed by atoms with Crippen LogP contribution in [0.4, 0.5) is 0 Å². The summed E-state index contributed by atoms with van der Waals surface area (Å²) in [6, 6.07) is 4.72. The van der Waals surface area contributed by atoms with Crippen molar-refractivity contribution in [1.29, 1.82) is 0 Å². The summed E-state index contributed by atoms with van der Waals surface area (Å²) in [4.78, 5) is 25.2. The Bertz CT molecular complexity index is 633. The van der Waals surface area contributed by atoms with Crippen LogP contribution in [0.15, 0.2) is 18.2 Å². The zero-order valence-corrected chi connectivity index (χ0v) is 17.4. The number of carbonyl (C=O) groups excluding carboxylic acids is 2. The van der Waals surface area contributed by atoms with Crippen LogP contribution in [0, 0.1) is 11.8 Å². The SMILES string of the molecule is CCCCCCCOC(=O)C1CCCCC1C(=O)Oc1cc(Cl)ccc1Cl. The molecule has 0 radical (unpaired) electrons. The van der Waals surface area contributed by atoms with Crippen LogP contribution in [0.25, 0.3) is 0 Å². The van der Waals surface area contributed by atoms with Gasteiger partial charge in [-0.2, -0.15) is 0 Å². The predicted octanol–water partition coefficient (Wildman–Crippen LogP) is 6.22. The van der Waals surface area contributed by atoms with Crippen LogP contribution < -0.4 is 4.74 Å². The van der Waals surface area contributed by atoms with Crippen LogP contribution in [-0.4, -0.2) is 18.5 Å². The van der Waals surface area contributed by atoms with Crippen molar-refractivity contribution >= 4 is 35.1 Å². The Kier molecular flexibility index (Phi) is 9.43. The molecule has 4 nitrogen and oxygen atoms in total. The minimum Gasteiger partial charge on any atom is -0.465 e. The molecule has 1 aliphatic rings. The molecule has 0 saturated heterocycles. The molecule has 2 atom stereocenters. The van der Waals surface area contributed by atoms with Gasteiger partial charge in [-0.05, 0) is 31.4 Å². The highest BCUT2D eigenvalue weighted by molar-refractivity contribution is 6.34. The molecule has 1 fully saturated rings. The average molecular weight is 415 g/mol. The predicted molar refractivity (Wildman–Crippen MR) is 107 cm³/mol. The number of hydrogen-bond acceptors (Lipinski definition) is 4. The molecule has 150 valence electrons. The number of unbranched alkanes of at least 4 members (excludes halogenated alkanes) is 4. The van der Waals surface area contributed by atoms with Gasteiger partial charge in [-0.25, -0.2) is 0 Å². The van der Waals surface area contributed by atoms with Crippen LogP contribution in [0.5, 0.6) is 5.75 Å². The molecular formula is C21H28Cl2O4. The van der Waals surface area contributed by atoms with Gasteiger partial charge in [0.05, 0.1) is 23.5 Å². The van der Waals surface area contributed by atoms with Crippen molar-refractivity contribution in [2.75, 3.05) is 6.61 Å². The summed E-state index contributed by atoms with van der Waals surface area (Å²) in [7, 11) is 0. The topological polar surface area (TPSA) is 52.6 Å². The van der Waals surface area contributed by atoms with Crippen molar-refractivity contribution < 1.29 is 19.1 Å². The van der Waals surface area contributed by atoms with Gasteiger partial charge in [-0.3, -0.25) is 9.59 Å². The van der Waals surface area contributed by atoms with Crippen molar-refractivity contribution in [1.82, 2.24) is 0 Å². The van der Waals surface area contributed by atoms with Crippen molar-refractivity contribution in [3.63, 3.8) is 0 Å². The van der Waals surface area contributed by atoms with Crippen molar-refractivity contribution in [3.8, 4) is 5.75 Å². The first-order chi connectivity index (χ1) is 13.0. The molecular weight excluding hydrogens is 387 g/mol. The molecule has 0 aliphatic heterocycles. The molecule has 1 aromatic rings. The van der Waals surface area contributed by atoms with Crippen molar-refractivity contribution in [3.05, 3.63) is 28.2 Å². The lowest BCUT2D eigenvalue weighted by Gasteiger charge is -2.28. The monoisotopic (exact) mass is 414 g/mol. The third kappa shape index (κ3) is 7.00. The van der Waals surface area contributed by atoms with Crippen LogP contribution in [0.3, 0.4) is 0 Å². The number of benzene rings is 1. The zero-order valence-electron chi connectivity index (χ0n) is 15.8. The highest BCUT2D eigenvalue weighted by Gasteiger charge is 2.38. The van der Waals surface area contributed by atoms with Gasteiger partial charge in [0.2, 0.25) is 0 Å². The normalized spacial score (nSPS) is 19.5. The van der Waals surface area contributed by atoms with Crippen molar-refractivity contribution in [2.45, 2.75) is 64.7 Å². The van der Waals surface area contributed by atoms with Crippen LogP contribution in [0.1, 0.15) is 64.7 Å². The van der Waals surface area contributed by atoms with Crippen LogP contribution in [0.2, 0.25) is 10.0 Å². The second-order valence-electron chi connectivity index (χ2n) is 7.07. The number of halogens is 2. The molecule has 1 aromatic carbocycles. The minimum absolute atomic E-state index is 0.225. The van der Waals surface area contributed by atoms with E-state index in [4.69, 9.17) is 32.7 Å². The quantitative estimate of drug-likeness (QED) is 0.273. The third-order valence-corrected chi connectivity index (χ3v) is 5.51. The number of hydrogen-bond donors (Lipinski definition) is 0. The van der Waals surface area contributed by atoms with Gasteiger partial charge >= 0.3 is 11.9 Å². The Morgan fingerprint density at radius 2 is 1.67 bits per heavy atom. The average Bonchev–Trinajstić information content (AvgIpc) is 2.67. The van der Waals surface area contributed by atoms with E-state index in [-0.39, 0.29) is 11.7 Å². The van der Waals surface area contributed by atoms with E-state index in [0.29, 0.717) is 29.5 Å². The fourth-order valence-corrected chi connectivity index (χ4v) is 3.74. The molecule has 0 spiro atoms. The van der Waals surface area contributed by atoms with Crippen LogP contribution in [-0.2, 0) is 14.3 Å². The lowest BCUT2D eigenvalue weighted by molar-refractivity contribution is -0.158. The minimum atomic E-state index is -0.499. The Balaban J connectivity index is 1.90. The summed E-state index contributed by atoms with van der Waals surface area (Å²) in [6.07, 6.45) is 8.55. The highest BCUT2D eigenvalue weighted by atomic mass is 35.5. The van der Waals surface area contributed by atoms with E-state index in [9.17, 15) is 9.59 Å². The van der Waals surface area contributed by atoms with E-state index >= 15 is 0 Å². The molecule has 0 N–H and O–H groups in total. The first-order valence-electron chi connectivity index (χ1n) is 9.86. The molecule has 27 heavy (non-hydrogen) atoms. The molecule has 0 bridgehead atoms. The van der Waals surface area contributed by atoms with Crippen molar-refractivity contribution in [2.24, 2.45) is 11.8 Å². The van der Waals surface area contributed by atoms with Gasteiger partial charge < -0.3 is 9.47 Å². The molecule has 6 heteroatoms. The summed E-state index contributed by atoms with van der Waals surface area (Å²) in [5.41, 5.74) is 0. The van der Waals surface area contributed by atoms with E-state index in [1.54, 1.807) is 12.1 Å². The maximum absolute atomic E-state index is 12.7. The summed E-state index contributed by atoms with van der Waals surface area (Å²) in [5, 5.41) is 0.750. The number of esters is 2. The third-order valence-electron chi connectivity index (χ3n) is 4.97. The maximum Gasteiger partial charge on any atom is 0.315 e. The fraction of sp³-hybridized carbons (Fsp3) is 0.619. The lowest BCUT2D eigenvalue weighted by Crippen LogP contribution is -2.36. The lowest BCUT2D eigenvalue weighted by atomic mass is 9.79. The summed E-state index contributed by atoms with van der Waals surface area (Å²) in [6.45, 7) is 2.58. The van der Waals surface area contributed by atoms with Gasteiger partial charge in [0.1, 0.15) is 0 Å². The van der Waals surface area contributed by atoms with Gasteiger partial charge in [-0.1, -0.05) is 68.7 Å². The molecule has 1 saturated carbocycles. The van der Waals surface area contributed by atoms with Gasteiger partial charge in [0, 0.05) is 11.1 Å². The largest absolute Gasteiger partial charge is 0.465 e. The molecule has 0 amide bonds. The second kappa shape index (κ2) is 11.6. The Morgan fingerprint density at radius 3 is 2.37 bits per heavy atom. The number of carbonyl (C=O) groups is 2. The molecule has 0 aromatic heterocycles. The molecule has 2 unspecified atom stereocenters. The zero-order chi connectivity index (χ0) is 19.6. The summed E-state index contributed by atoms with van der Waals surface area (Å²) in [5.74, 6) is -1.45. The summed E-state index contributed by atoms with van der Waals surface area (Å²) >= 11 is 12.0. The first kappa shape index (κ1) is 22.0. The van der Waals surface area contributed by atoms with E-state index in [2.05, 4.69) is 6.92 Å². The molecule has 2 rings (SSSR count). The highest BCUT2D eigenvalue weighted by Crippen LogP contribution is 2.34. The summed E-state index contributed by atoms with van der Waals surface area (Å²) < 4.78 is 10.9. The van der Waals surface area contributed by atoms with E-state index < -0.39 is 17.8 Å². The molecule has 0 heterocycles. The Labute approximate surface area is 171 Å². The Hall–Kier alpha value is -1.26. The first-order valence-corrected chi connectivity index (χ1v) is 10.6.